The molecule has 0 radical (unpaired) electrons. The van der Waals surface area contributed by atoms with Crippen molar-refractivity contribution >= 4 is 29.3 Å². The Kier molecular flexibility index (Phi) is 4.49. The lowest BCUT2D eigenvalue weighted by Crippen LogP contribution is -2.49. The first-order chi connectivity index (χ1) is 9.49. The van der Waals surface area contributed by atoms with Crippen LogP contribution in [-0.4, -0.2) is 34.6 Å². The van der Waals surface area contributed by atoms with Gasteiger partial charge in [0.25, 0.3) is 0 Å². The van der Waals surface area contributed by atoms with Crippen molar-refractivity contribution in [1.82, 2.24) is 4.90 Å². The standard InChI is InChI=1S/C14H17ClN2O3/c1-9-5-6-10(15)8-11(9)16-14(20)17-7-3-2-4-12(17)13(18)19/h5-6,8,12H,2-4,7H2,1H3,(H,16,20)(H,18,19). The zero-order chi connectivity index (χ0) is 14.7. The van der Waals surface area contributed by atoms with Gasteiger partial charge in [-0.25, -0.2) is 9.59 Å². The number of hydrogen-bond acceptors (Lipinski definition) is 2. The van der Waals surface area contributed by atoms with E-state index in [2.05, 4.69) is 5.32 Å². The van der Waals surface area contributed by atoms with Crippen molar-refractivity contribution in [3.63, 3.8) is 0 Å². The highest BCUT2D eigenvalue weighted by Crippen LogP contribution is 2.23. The fraction of sp³-hybridized carbons (Fsp3) is 0.429. The number of carbonyl (C=O) groups is 2. The minimum Gasteiger partial charge on any atom is -0.480 e. The van der Waals surface area contributed by atoms with Gasteiger partial charge in [0, 0.05) is 17.3 Å². The van der Waals surface area contributed by atoms with Gasteiger partial charge in [0.05, 0.1) is 0 Å². The van der Waals surface area contributed by atoms with Gasteiger partial charge in [-0.2, -0.15) is 0 Å². The summed E-state index contributed by atoms with van der Waals surface area (Å²) in [6.07, 6.45) is 2.15. The summed E-state index contributed by atoms with van der Waals surface area (Å²) in [5.41, 5.74) is 1.49. The van der Waals surface area contributed by atoms with Gasteiger partial charge in [-0.1, -0.05) is 17.7 Å². The highest BCUT2D eigenvalue weighted by molar-refractivity contribution is 6.31. The van der Waals surface area contributed by atoms with E-state index in [1.165, 1.54) is 4.90 Å². The molecule has 1 aliphatic rings. The van der Waals surface area contributed by atoms with E-state index < -0.39 is 12.0 Å². The molecule has 0 aliphatic carbocycles. The van der Waals surface area contributed by atoms with Crippen LogP contribution in [0.25, 0.3) is 0 Å². The van der Waals surface area contributed by atoms with E-state index in [0.29, 0.717) is 23.7 Å². The van der Waals surface area contributed by atoms with Crippen molar-refractivity contribution in [1.29, 1.82) is 0 Å². The summed E-state index contributed by atoms with van der Waals surface area (Å²) in [6.45, 7) is 2.32. The largest absolute Gasteiger partial charge is 0.480 e. The molecule has 0 aromatic heterocycles. The number of benzene rings is 1. The molecule has 0 saturated carbocycles. The summed E-state index contributed by atoms with van der Waals surface area (Å²) >= 11 is 5.91. The molecule has 1 unspecified atom stereocenters. The Morgan fingerprint density at radius 1 is 1.40 bits per heavy atom. The fourth-order valence-electron chi connectivity index (χ4n) is 2.35. The first-order valence-electron chi connectivity index (χ1n) is 6.55. The molecular weight excluding hydrogens is 280 g/mol. The van der Waals surface area contributed by atoms with Crippen LogP contribution in [0.15, 0.2) is 18.2 Å². The highest BCUT2D eigenvalue weighted by atomic mass is 35.5. The topological polar surface area (TPSA) is 69.6 Å². The van der Waals surface area contributed by atoms with Crippen LogP contribution in [0.2, 0.25) is 5.02 Å². The molecule has 2 rings (SSSR count). The number of rotatable bonds is 2. The predicted octanol–water partition coefficient (Wildman–Crippen LogP) is 3.12. The molecule has 2 amide bonds. The van der Waals surface area contributed by atoms with Gasteiger partial charge in [-0.3, -0.25) is 0 Å². The summed E-state index contributed by atoms with van der Waals surface area (Å²) in [5, 5.41) is 12.5. The molecule has 108 valence electrons. The number of halogens is 1. The van der Waals surface area contributed by atoms with Crippen LogP contribution in [0.4, 0.5) is 10.5 Å². The quantitative estimate of drug-likeness (QED) is 0.881. The number of piperidine rings is 1. The molecule has 6 heteroatoms. The molecule has 1 saturated heterocycles. The van der Waals surface area contributed by atoms with Gasteiger partial charge in [-0.05, 0) is 43.9 Å². The Bertz CT molecular complexity index is 533. The van der Waals surface area contributed by atoms with Gasteiger partial charge in [0.1, 0.15) is 6.04 Å². The predicted molar refractivity (Wildman–Crippen MR) is 77.2 cm³/mol. The van der Waals surface area contributed by atoms with E-state index in [1.807, 2.05) is 13.0 Å². The van der Waals surface area contributed by atoms with Crippen molar-refractivity contribution in [2.75, 3.05) is 11.9 Å². The normalized spacial score (nSPS) is 18.7. The van der Waals surface area contributed by atoms with Crippen LogP contribution in [-0.2, 0) is 4.79 Å². The van der Waals surface area contributed by atoms with E-state index in [9.17, 15) is 14.7 Å². The van der Waals surface area contributed by atoms with Crippen LogP contribution in [0.1, 0.15) is 24.8 Å². The van der Waals surface area contributed by atoms with Crippen LogP contribution in [0.3, 0.4) is 0 Å². The molecule has 1 heterocycles. The summed E-state index contributed by atoms with van der Waals surface area (Å²) in [7, 11) is 0. The second kappa shape index (κ2) is 6.13. The Morgan fingerprint density at radius 2 is 2.15 bits per heavy atom. The van der Waals surface area contributed by atoms with Gasteiger partial charge < -0.3 is 15.3 Å². The van der Waals surface area contributed by atoms with Crippen LogP contribution < -0.4 is 5.32 Å². The molecule has 20 heavy (non-hydrogen) atoms. The molecule has 1 aromatic rings. The maximum atomic E-state index is 12.3. The third-order valence-corrected chi connectivity index (χ3v) is 3.73. The lowest BCUT2D eigenvalue weighted by molar-refractivity contribution is -0.143. The third kappa shape index (κ3) is 3.22. The number of aliphatic carboxylic acids is 1. The SMILES string of the molecule is Cc1ccc(Cl)cc1NC(=O)N1CCCCC1C(=O)O. The second-order valence-corrected chi connectivity index (χ2v) is 5.37. The van der Waals surface area contributed by atoms with Crippen molar-refractivity contribution in [3.05, 3.63) is 28.8 Å². The van der Waals surface area contributed by atoms with E-state index in [-0.39, 0.29) is 6.03 Å². The Morgan fingerprint density at radius 3 is 2.85 bits per heavy atom. The molecule has 1 atom stereocenters. The zero-order valence-electron chi connectivity index (χ0n) is 11.2. The van der Waals surface area contributed by atoms with Crippen LogP contribution >= 0.6 is 11.6 Å². The summed E-state index contributed by atoms with van der Waals surface area (Å²) < 4.78 is 0. The lowest BCUT2D eigenvalue weighted by Gasteiger charge is -2.33. The first kappa shape index (κ1) is 14.7. The highest BCUT2D eigenvalue weighted by Gasteiger charge is 2.32. The Balaban J connectivity index is 2.14. The Hall–Kier alpha value is -1.75. The molecule has 1 aliphatic heterocycles. The molecule has 5 nitrogen and oxygen atoms in total. The average molecular weight is 297 g/mol. The van der Waals surface area contributed by atoms with Crippen molar-refractivity contribution < 1.29 is 14.7 Å². The summed E-state index contributed by atoms with van der Waals surface area (Å²) in [5.74, 6) is -0.956. The van der Waals surface area contributed by atoms with E-state index in [4.69, 9.17) is 11.6 Å². The molecule has 1 aromatic carbocycles. The number of carboxylic acids is 1. The number of aryl methyl sites for hydroxylation is 1. The van der Waals surface area contributed by atoms with Gasteiger partial charge in [0.2, 0.25) is 0 Å². The minimum absolute atomic E-state index is 0.387. The van der Waals surface area contributed by atoms with Gasteiger partial charge in [-0.15, -0.1) is 0 Å². The number of nitrogens with one attached hydrogen (secondary N) is 1. The molecular formula is C14H17ClN2O3. The lowest BCUT2D eigenvalue weighted by atomic mass is 10.0. The molecule has 1 fully saturated rings. The summed E-state index contributed by atoms with van der Waals surface area (Å²) in [4.78, 5) is 24.8. The van der Waals surface area contributed by atoms with Gasteiger partial charge in [0.15, 0.2) is 0 Å². The van der Waals surface area contributed by atoms with Crippen LogP contribution in [0.5, 0.6) is 0 Å². The number of hydrogen-bond donors (Lipinski definition) is 2. The molecule has 0 bridgehead atoms. The van der Waals surface area contributed by atoms with Gasteiger partial charge >= 0.3 is 12.0 Å². The number of carboxylic acid groups (broad SMARTS) is 1. The number of nitrogens with zero attached hydrogens (tertiary/aromatic N) is 1. The van der Waals surface area contributed by atoms with Crippen molar-refractivity contribution in [2.24, 2.45) is 0 Å². The number of carbonyl (C=O) groups excluding carboxylic acids is 1. The first-order valence-corrected chi connectivity index (χ1v) is 6.93. The average Bonchev–Trinajstić information content (AvgIpc) is 2.42. The van der Waals surface area contributed by atoms with E-state index in [1.54, 1.807) is 12.1 Å². The number of amides is 2. The molecule has 0 spiro atoms. The maximum absolute atomic E-state index is 12.3. The monoisotopic (exact) mass is 296 g/mol. The summed E-state index contributed by atoms with van der Waals surface area (Å²) in [6, 6.07) is 4.08. The number of likely N-dealkylation sites (tertiary alicyclic amines) is 1. The van der Waals surface area contributed by atoms with E-state index >= 15 is 0 Å². The Labute approximate surface area is 122 Å². The minimum atomic E-state index is -0.956. The third-order valence-electron chi connectivity index (χ3n) is 3.49. The smallest absolute Gasteiger partial charge is 0.326 e. The zero-order valence-corrected chi connectivity index (χ0v) is 12.0. The maximum Gasteiger partial charge on any atom is 0.326 e. The van der Waals surface area contributed by atoms with E-state index in [0.717, 1.165) is 18.4 Å². The number of anilines is 1. The second-order valence-electron chi connectivity index (χ2n) is 4.93. The van der Waals surface area contributed by atoms with Crippen molar-refractivity contribution in [2.45, 2.75) is 32.2 Å². The van der Waals surface area contributed by atoms with Crippen molar-refractivity contribution in [3.8, 4) is 0 Å². The molecule has 2 N–H and O–H groups in total. The fourth-order valence-corrected chi connectivity index (χ4v) is 2.52. The number of urea groups is 1. The van der Waals surface area contributed by atoms with Crippen LogP contribution in [0, 0.1) is 6.92 Å².